The Morgan fingerprint density at radius 3 is 2.50 bits per heavy atom. The number of nitrogens with zero attached hydrogens (tertiary/aromatic N) is 3. The van der Waals surface area contributed by atoms with Gasteiger partial charge in [0.25, 0.3) is 0 Å². The first kappa shape index (κ1) is 14.4. The van der Waals surface area contributed by atoms with Gasteiger partial charge < -0.3 is 9.30 Å². The number of hydrogen-bond acceptors (Lipinski definition) is 3. The van der Waals surface area contributed by atoms with Crippen molar-refractivity contribution in [1.29, 1.82) is 0 Å². The second-order valence-corrected chi connectivity index (χ2v) is 4.71. The number of benzene rings is 1. The van der Waals surface area contributed by atoms with E-state index < -0.39 is 12.0 Å². The number of rotatable bonds is 3. The molecule has 0 N–H and O–H groups in total. The number of ether oxygens (including phenoxy) is 1. The van der Waals surface area contributed by atoms with E-state index in [-0.39, 0.29) is 17.7 Å². The zero-order valence-corrected chi connectivity index (χ0v) is 11.6. The molecular formula is C15H12F3N3O. The highest BCUT2D eigenvalue weighted by molar-refractivity contribution is 5.71. The molecule has 4 nitrogen and oxygen atoms in total. The van der Waals surface area contributed by atoms with Gasteiger partial charge in [0.2, 0.25) is 5.82 Å². The number of pyridine rings is 1. The average molecular weight is 307 g/mol. The van der Waals surface area contributed by atoms with Gasteiger partial charge in [-0.05, 0) is 29.8 Å². The minimum atomic E-state index is -4.53. The Labute approximate surface area is 124 Å². The third kappa shape index (κ3) is 2.61. The smallest absolute Gasteiger partial charge is 0.449 e. The molecule has 3 rings (SSSR count). The molecule has 0 aliphatic rings. The minimum absolute atomic E-state index is 0.0341. The number of imidazole rings is 1. The van der Waals surface area contributed by atoms with Gasteiger partial charge in [-0.1, -0.05) is 12.1 Å². The standard InChI is InChI=1S/C15H12F3N3O/c1-22-11-6-4-10(5-7-11)9-21-13-12(3-2-8-19-13)20-14(21)15(16,17)18/h2-8H,9H2,1H3. The van der Waals surface area contributed by atoms with Crippen molar-refractivity contribution in [2.45, 2.75) is 12.7 Å². The van der Waals surface area contributed by atoms with Gasteiger partial charge in [-0.15, -0.1) is 0 Å². The largest absolute Gasteiger partial charge is 0.497 e. The summed E-state index contributed by atoms with van der Waals surface area (Å²) in [4.78, 5) is 7.69. The molecule has 0 fully saturated rings. The Morgan fingerprint density at radius 2 is 1.86 bits per heavy atom. The molecule has 114 valence electrons. The Morgan fingerprint density at radius 1 is 1.14 bits per heavy atom. The van der Waals surface area contributed by atoms with E-state index in [1.54, 1.807) is 30.3 Å². The zero-order valence-electron chi connectivity index (χ0n) is 11.6. The van der Waals surface area contributed by atoms with Crippen molar-refractivity contribution in [2.75, 3.05) is 7.11 Å². The van der Waals surface area contributed by atoms with E-state index in [2.05, 4.69) is 9.97 Å². The lowest BCUT2D eigenvalue weighted by atomic mass is 10.2. The number of halogens is 3. The van der Waals surface area contributed by atoms with Crippen LogP contribution in [0.3, 0.4) is 0 Å². The molecule has 0 aliphatic heterocycles. The summed E-state index contributed by atoms with van der Waals surface area (Å²) in [6, 6.07) is 9.92. The molecule has 0 radical (unpaired) electrons. The van der Waals surface area contributed by atoms with Gasteiger partial charge in [0.05, 0.1) is 13.7 Å². The second kappa shape index (κ2) is 5.32. The van der Waals surface area contributed by atoms with Crippen molar-refractivity contribution >= 4 is 11.2 Å². The summed E-state index contributed by atoms with van der Waals surface area (Å²) in [5.74, 6) is -0.301. The molecule has 22 heavy (non-hydrogen) atoms. The Bertz CT molecular complexity index is 794. The van der Waals surface area contributed by atoms with Crippen molar-refractivity contribution in [2.24, 2.45) is 0 Å². The average Bonchev–Trinajstić information content (AvgIpc) is 2.87. The molecule has 2 aromatic heterocycles. The predicted molar refractivity (Wildman–Crippen MR) is 74.6 cm³/mol. The lowest BCUT2D eigenvalue weighted by Gasteiger charge is -2.11. The summed E-state index contributed by atoms with van der Waals surface area (Å²) in [6.07, 6.45) is -3.08. The maximum Gasteiger partial charge on any atom is 0.449 e. The fraction of sp³-hybridized carbons (Fsp3) is 0.200. The van der Waals surface area contributed by atoms with E-state index in [1.807, 2.05) is 0 Å². The van der Waals surface area contributed by atoms with E-state index in [0.717, 1.165) is 4.57 Å². The van der Waals surface area contributed by atoms with Gasteiger partial charge in [-0.25, -0.2) is 9.97 Å². The molecule has 3 aromatic rings. The van der Waals surface area contributed by atoms with Crippen molar-refractivity contribution in [3.8, 4) is 5.75 Å². The maximum atomic E-state index is 13.2. The molecule has 2 heterocycles. The number of fused-ring (bicyclic) bond motifs is 1. The Balaban J connectivity index is 2.07. The minimum Gasteiger partial charge on any atom is -0.497 e. The normalized spacial score (nSPS) is 11.8. The lowest BCUT2D eigenvalue weighted by molar-refractivity contribution is -0.146. The zero-order chi connectivity index (χ0) is 15.7. The molecular weight excluding hydrogens is 295 g/mol. The molecule has 0 saturated carbocycles. The van der Waals surface area contributed by atoms with Gasteiger partial charge >= 0.3 is 6.18 Å². The van der Waals surface area contributed by atoms with E-state index in [4.69, 9.17) is 4.74 Å². The third-order valence-corrected chi connectivity index (χ3v) is 3.26. The van der Waals surface area contributed by atoms with E-state index in [9.17, 15) is 13.2 Å². The first-order valence-electron chi connectivity index (χ1n) is 6.50. The summed E-state index contributed by atoms with van der Waals surface area (Å²) in [6.45, 7) is 0.0341. The summed E-state index contributed by atoms with van der Waals surface area (Å²) in [5, 5.41) is 0. The van der Waals surface area contributed by atoms with Crippen LogP contribution in [0.2, 0.25) is 0 Å². The highest BCUT2D eigenvalue weighted by Crippen LogP contribution is 2.31. The van der Waals surface area contributed by atoms with E-state index in [1.165, 1.54) is 19.4 Å². The highest BCUT2D eigenvalue weighted by Gasteiger charge is 2.37. The number of aromatic nitrogens is 3. The van der Waals surface area contributed by atoms with Crippen LogP contribution in [0.1, 0.15) is 11.4 Å². The monoisotopic (exact) mass is 307 g/mol. The van der Waals surface area contributed by atoms with Gasteiger partial charge in [0, 0.05) is 6.20 Å². The SMILES string of the molecule is COc1ccc(Cn2c(C(F)(F)F)nc3cccnc32)cc1. The van der Waals surface area contributed by atoms with Crippen LogP contribution < -0.4 is 4.74 Å². The predicted octanol–water partition coefficient (Wildman–Crippen LogP) is 3.51. The summed E-state index contributed by atoms with van der Waals surface area (Å²) in [5.41, 5.74) is 1.14. The Kier molecular flexibility index (Phi) is 3.48. The molecule has 0 amide bonds. The van der Waals surface area contributed by atoms with Crippen LogP contribution >= 0.6 is 0 Å². The third-order valence-electron chi connectivity index (χ3n) is 3.26. The summed E-state index contributed by atoms with van der Waals surface area (Å²) >= 11 is 0. The van der Waals surface area contributed by atoms with Crippen LogP contribution in [0.15, 0.2) is 42.6 Å². The molecule has 0 unspecified atom stereocenters. The van der Waals surface area contributed by atoms with Crippen LogP contribution in [0.25, 0.3) is 11.2 Å². The first-order valence-corrected chi connectivity index (χ1v) is 6.50. The number of hydrogen-bond donors (Lipinski definition) is 0. The van der Waals surface area contributed by atoms with Crippen molar-refractivity contribution in [1.82, 2.24) is 14.5 Å². The van der Waals surface area contributed by atoms with E-state index in [0.29, 0.717) is 11.3 Å². The maximum absolute atomic E-state index is 13.2. The van der Waals surface area contributed by atoms with Crippen LogP contribution in [-0.4, -0.2) is 21.6 Å². The van der Waals surface area contributed by atoms with Crippen molar-refractivity contribution in [3.05, 3.63) is 54.0 Å². The fourth-order valence-corrected chi connectivity index (χ4v) is 2.24. The quantitative estimate of drug-likeness (QED) is 0.743. The van der Waals surface area contributed by atoms with Crippen molar-refractivity contribution in [3.63, 3.8) is 0 Å². The molecule has 0 spiro atoms. The van der Waals surface area contributed by atoms with Crippen molar-refractivity contribution < 1.29 is 17.9 Å². The van der Waals surface area contributed by atoms with Gasteiger partial charge in [0.15, 0.2) is 5.65 Å². The van der Waals surface area contributed by atoms with Crippen LogP contribution in [0.5, 0.6) is 5.75 Å². The topological polar surface area (TPSA) is 39.9 Å². The number of alkyl halides is 3. The summed E-state index contributed by atoms with van der Waals surface area (Å²) in [7, 11) is 1.53. The lowest BCUT2D eigenvalue weighted by Crippen LogP contribution is -2.15. The first-order chi connectivity index (χ1) is 10.5. The summed E-state index contributed by atoms with van der Waals surface area (Å²) < 4.78 is 45.7. The second-order valence-electron chi connectivity index (χ2n) is 4.71. The van der Waals surface area contributed by atoms with Gasteiger partial charge in [-0.3, -0.25) is 0 Å². The van der Waals surface area contributed by atoms with E-state index >= 15 is 0 Å². The number of methoxy groups -OCH3 is 1. The molecule has 0 saturated heterocycles. The molecule has 7 heteroatoms. The van der Waals surface area contributed by atoms with Crippen LogP contribution in [0, 0.1) is 0 Å². The van der Waals surface area contributed by atoms with Gasteiger partial charge in [0.1, 0.15) is 11.3 Å². The van der Waals surface area contributed by atoms with Crippen LogP contribution in [-0.2, 0) is 12.7 Å². The van der Waals surface area contributed by atoms with Gasteiger partial charge in [-0.2, -0.15) is 13.2 Å². The molecule has 0 atom stereocenters. The molecule has 1 aromatic carbocycles. The Hall–Kier alpha value is -2.57. The van der Waals surface area contributed by atoms with Crippen LogP contribution in [0.4, 0.5) is 13.2 Å². The highest BCUT2D eigenvalue weighted by atomic mass is 19.4. The molecule has 0 aliphatic carbocycles. The fourth-order valence-electron chi connectivity index (χ4n) is 2.24. The molecule has 0 bridgehead atoms.